The molecule has 2 heteroatoms. The molecule has 0 radical (unpaired) electrons. The van der Waals surface area contributed by atoms with Crippen LogP contribution in [0.15, 0.2) is 12.1 Å². The summed E-state index contributed by atoms with van der Waals surface area (Å²) in [6.45, 7) is 5.59. The summed E-state index contributed by atoms with van der Waals surface area (Å²) >= 11 is 0. The fraction of sp³-hybridized carbons (Fsp3) is 0.571. The average molecular weight is 226 g/mol. The summed E-state index contributed by atoms with van der Waals surface area (Å²) in [6, 6.07) is 2.68. The van der Waals surface area contributed by atoms with Crippen molar-refractivity contribution in [2.45, 2.75) is 52.4 Å². The summed E-state index contributed by atoms with van der Waals surface area (Å²) in [7, 11) is 0. The van der Waals surface area contributed by atoms with E-state index in [0.29, 0.717) is 11.1 Å². The van der Waals surface area contributed by atoms with Crippen molar-refractivity contribution in [2.24, 2.45) is 0 Å². The second-order valence-corrected chi connectivity index (χ2v) is 4.10. The van der Waals surface area contributed by atoms with Crippen LogP contribution in [-0.2, 0) is 0 Å². The zero-order valence-corrected chi connectivity index (χ0v) is 10.3. The lowest BCUT2D eigenvalue weighted by atomic mass is 9.96. The highest BCUT2D eigenvalue weighted by Crippen LogP contribution is 2.35. The van der Waals surface area contributed by atoms with E-state index in [0.717, 1.165) is 25.7 Å². The molecule has 0 heterocycles. The molecule has 2 rings (SSSR count). The zero-order valence-electron chi connectivity index (χ0n) is 10.3. The van der Waals surface area contributed by atoms with Gasteiger partial charge in [-0.3, -0.25) is 0 Å². The van der Waals surface area contributed by atoms with Crippen LogP contribution in [0, 0.1) is 18.6 Å². The van der Waals surface area contributed by atoms with Crippen molar-refractivity contribution in [1.29, 1.82) is 0 Å². The van der Waals surface area contributed by atoms with Gasteiger partial charge >= 0.3 is 0 Å². The van der Waals surface area contributed by atoms with Gasteiger partial charge in [0.1, 0.15) is 11.6 Å². The standard InChI is InChI=1S/C12H14F2.C2H6/c1-8-6-12(14)10(7-11(8)13)9-4-2-3-5-9;1-2/h6-7,9H,2-5H2,1H3;1-2H3. The third-order valence-corrected chi connectivity index (χ3v) is 3.07. The minimum absolute atomic E-state index is 0.240. The van der Waals surface area contributed by atoms with Crippen LogP contribution >= 0.6 is 0 Å². The van der Waals surface area contributed by atoms with Gasteiger partial charge in [-0.2, -0.15) is 0 Å². The normalized spacial score (nSPS) is 15.8. The first-order chi connectivity index (χ1) is 7.68. The molecule has 1 fully saturated rings. The van der Waals surface area contributed by atoms with E-state index in [1.54, 1.807) is 6.92 Å². The molecule has 0 saturated heterocycles. The quantitative estimate of drug-likeness (QED) is 0.635. The SMILES string of the molecule is CC.Cc1cc(F)c(C2CCCC2)cc1F. The van der Waals surface area contributed by atoms with Gasteiger partial charge in [0.2, 0.25) is 0 Å². The monoisotopic (exact) mass is 226 g/mol. The first-order valence-electron chi connectivity index (χ1n) is 6.14. The highest BCUT2D eigenvalue weighted by molar-refractivity contribution is 5.28. The summed E-state index contributed by atoms with van der Waals surface area (Å²) in [5.41, 5.74) is 0.967. The van der Waals surface area contributed by atoms with Gasteiger partial charge < -0.3 is 0 Å². The largest absolute Gasteiger partial charge is 0.207 e. The van der Waals surface area contributed by atoms with Gasteiger partial charge in [0.15, 0.2) is 0 Å². The summed E-state index contributed by atoms with van der Waals surface area (Å²) < 4.78 is 26.8. The summed E-state index contributed by atoms with van der Waals surface area (Å²) in [4.78, 5) is 0. The maximum Gasteiger partial charge on any atom is 0.127 e. The van der Waals surface area contributed by atoms with Crippen LogP contribution in [0.3, 0.4) is 0 Å². The summed E-state index contributed by atoms with van der Waals surface area (Å²) in [5, 5.41) is 0. The van der Waals surface area contributed by atoms with Gasteiger partial charge in [-0.1, -0.05) is 26.7 Å². The topological polar surface area (TPSA) is 0 Å². The molecular weight excluding hydrogens is 206 g/mol. The van der Waals surface area contributed by atoms with Crippen molar-refractivity contribution >= 4 is 0 Å². The molecule has 1 aliphatic rings. The maximum atomic E-state index is 13.5. The maximum absolute atomic E-state index is 13.5. The number of halogens is 2. The first-order valence-corrected chi connectivity index (χ1v) is 6.14. The van der Waals surface area contributed by atoms with E-state index in [4.69, 9.17) is 0 Å². The number of hydrogen-bond acceptors (Lipinski definition) is 0. The van der Waals surface area contributed by atoms with Gasteiger partial charge in [-0.05, 0) is 48.9 Å². The molecule has 1 aliphatic carbocycles. The van der Waals surface area contributed by atoms with E-state index in [1.165, 1.54) is 12.1 Å². The number of hydrogen-bond donors (Lipinski definition) is 0. The molecule has 0 atom stereocenters. The number of rotatable bonds is 1. The third kappa shape index (κ3) is 2.81. The summed E-state index contributed by atoms with van der Waals surface area (Å²) in [5.74, 6) is -0.283. The first kappa shape index (κ1) is 13.1. The summed E-state index contributed by atoms with van der Waals surface area (Å²) in [6.07, 6.45) is 4.28. The van der Waals surface area contributed by atoms with Gasteiger partial charge in [0.25, 0.3) is 0 Å². The molecule has 16 heavy (non-hydrogen) atoms. The van der Waals surface area contributed by atoms with Crippen molar-refractivity contribution in [3.8, 4) is 0 Å². The van der Waals surface area contributed by atoms with Gasteiger partial charge in [0.05, 0.1) is 0 Å². The van der Waals surface area contributed by atoms with E-state index in [9.17, 15) is 8.78 Å². The van der Waals surface area contributed by atoms with Crippen LogP contribution in [0.25, 0.3) is 0 Å². The van der Waals surface area contributed by atoms with Crippen LogP contribution in [0.5, 0.6) is 0 Å². The number of aryl methyl sites for hydroxylation is 1. The lowest BCUT2D eigenvalue weighted by Crippen LogP contribution is -1.99. The highest BCUT2D eigenvalue weighted by Gasteiger charge is 2.21. The number of benzene rings is 1. The Morgan fingerprint density at radius 1 is 1.00 bits per heavy atom. The van der Waals surface area contributed by atoms with Gasteiger partial charge in [-0.15, -0.1) is 0 Å². The fourth-order valence-electron chi connectivity index (χ4n) is 2.21. The molecule has 0 aliphatic heterocycles. The van der Waals surface area contributed by atoms with Crippen LogP contribution in [0.2, 0.25) is 0 Å². The molecule has 1 saturated carbocycles. The van der Waals surface area contributed by atoms with Crippen LogP contribution in [-0.4, -0.2) is 0 Å². The molecule has 1 aromatic carbocycles. The van der Waals surface area contributed by atoms with E-state index < -0.39 is 0 Å². The minimum atomic E-state index is -0.284. The molecule has 90 valence electrons. The second kappa shape index (κ2) is 5.97. The predicted octanol–water partition coefficient (Wildman–Crippen LogP) is 4.96. The fourth-order valence-corrected chi connectivity index (χ4v) is 2.21. The van der Waals surface area contributed by atoms with Crippen molar-refractivity contribution < 1.29 is 8.78 Å². The van der Waals surface area contributed by atoms with E-state index in [1.807, 2.05) is 13.8 Å². The van der Waals surface area contributed by atoms with E-state index >= 15 is 0 Å². The smallest absolute Gasteiger partial charge is 0.127 e. The molecule has 0 nitrogen and oxygen atoms in total. The molecule has 0 spiro atoms. The Hall–Kier alpha value is -0.920. The van der Waals surface area contributed by atoms with Crippen molar-refractivity contribution in [1.82, 2.24) is 0 Å². The lowest BCUT2D eigenvalue weighted by molar-refractivity contribution is 0.556. The molecular formula is C14H20F2. The Morgan fingerprint density at radius 3 is 2.12 bits per heavy atom. The predicted molar refractivity (Wildman–Crippen MR) is 63.7 cm³/mol. The molecule has 1 aromatic rings. The van der Waals surface area contributed by atoms with Gasteiger partial charge in [-0.25, -0.2) is 8.78 Å². The van der Waals surface area contributed by atoms with Gasteiger partial charge in [0, 0.05) is 0 Å². The van der Waals surface area contributed by atoms with Crippen molar-refractivity contribution in [2.75, 3.05) is 0 Å². The minimum Gasteiger partial charge on any atom is -0.207 e. The van der Waals surface area contributed by atoms with Crippen molar-refractivity contribution in [3.05, 3.63) is 34.9 Å². The van der Waals surface area contributed by atoms with Crippen molar-refractivity contribution in [3.63, 3.8) is 0 Å². The van der Waals surface area contributed by atoms with E-state index in [-0.39, 0.29) is 17.6 Å². The lowest BCUT2D eigenvalue weighted by Gasteiger charge is -2.11. The molecule has 0 unspecified atom stereocenters. The Morgan fingerprint density at radius 2 is 1.56 bits per heavy atom. The Bertz CT molecular complexity index is 339. The van der Waals surface area contributed by atoms with Crippen LogP contribution in [0.1, 0.15) is 56.6 Å². The van der Waals surface area contributed by atoms with Crippen LogP contribution < -0.4 is 0 Å². The highest BCUT2D eigenvalue weighted by atomic mass is 19.1. The van der Waals surface area contributed by atoms with Crippen LogP contribution in [0.4, 0.5) is 8.78 Å². The second-order valence-electron chi connectivity index (χ2n) is 4.10. The molecule has 0 amide bonds. The average Bonchev–Trinajstić information content (AvgIpc) is 2.79. The third-order valence-electron chi connectivity index (χ3n) is 3.07. The Balaban J connectivity index is 0.000000606. The van der Waals surface area contributed by atoms with E-state index in [2.05, 4.69) is 0 Å². The Kier molecular flexibility index (Phi) is 4.91. The molecule has 0 aromatic heterocycles. The molecule has 0 N–H and O–H groups in total. The zero-order chi connectivity index (χ0) is 12.1. The molecule has 0 bridgehead atoms. The Labute approximate surface area is 96.7 Å².